The third-order valence-electron chi connectivity index (χ3n) is 6.48. The number of aromatic nitrogens is 2. The van der Waals surface area contributed by atoms with Crippen LogP contribution in [0.15, 0.2) is 18.2 Å². The third kappa shape index (κ3) is 4.49. The van der Waals surface area contributed by atoms with Crippen molar-refractivity contribution >= 4 is 39.3 Å². The molecule has 4 heterocycles. The van der Waals surface area contributed by atoms with Crippen molar-refractivity contribution in [1.82, 2.24) is 9.97 Å². The molecule has 0 spiro atoms. The van der Waals surface area contributed by atoms with E-state index >= 15 is 0 Å². The zero-order valence-electron chi connectivity index (χ0n) is 19.8. The second-order valence-corrected chi connectivity index (χ2v) is 9.88. The van der Waals surface area contributed by atoms with Crippen LogP contribution in [0.2, 0.25) is 0 Å². The van der Waals surface area contributed by atoms with Gasteiger partial charge in [-0.2, -0.15) is 4.98 Å². The van der Waals surface area contributed by atoms with Crippen LogP contribution in [0.25, 0.3) is 10.2 Å². The maximum atomic E-state index is 12.1. The van der Waals surface area contributed by atoms with Crippen LogP contribution in [0.3, 0.4) is 0 Å². The number of nitrogens with one attached hydrogen (secondary N) is 1. The minimum atomic E-state index is -0.0928. The van der Waals surface area contributed by atoms with E-state index in [0.29, 0.717) is 32.3 Å². The minimum Gasteiger partial charge on any atom is -0.486 e. The smallest absolute Gasteiger partial charge is 0.309 e. The Kier molecular flexibility index (Phi) is 6.45. The molecule has 1 fully saturated rings. The van der Waals surface area contributed by atoms with Crippen LogP contribution in [0.5, 0.6) is 11.5 Å². The summed E-state index contributed by atoms with van der Waals surface area (Å²) < 4.78 is 16.6. The molecule has 5 rings (SSSR count). The van der Waals surface area contributed by atoms with Gasteiger partial charge in [-0.05, 0) is 56.9 Å². The predicted octanol–water partition coefficient (Wildman–Crippen LogP) is 4.47. The monoisotopic (exact) mass is 482 g/mol. The number of hydrogen-bond donors (Lipinski definition) is 1. The van der Waals surface area contributed by atoms with E-state index in [2.05, 4.69) is 24.1 Å². The van der Waals surface area contributed by atoms with E-state index in [9.17, 15) is 4.79 Å². The highest BCUT2D eigenvalue weighted by Gasteiger charge is 2.28. The second kappa shape index (κ2) is 9.66. The van der Waals surface area contributed by atoms with Gasteiger partial charge in [0.1, 0.15) is 23.9 Å². The van der Waals surface area contributed by atoms with Crippen molar-refractivity contribution in [1.29, 1.82) is 0 Å². The van der Waals surface area contributed by atoms with Crippen LogP contribution < -0.4 is 19.7 Å². The Morgan fingerprint density at radius 2 is 1.94 bits per heavy atom. The van der Waals surface area contributed by atoms with E-state index in [0.717, 1.165) is 59.0 Å². The van der Waals surface area contributed by atoms with Crippen molar-refractivity contribution in [2.45, 2.75) is 40.2 Å². The number of hydrogen-bond acceptors (Lipinski definition) is 9. The van der Waals surface area contributed by atoms with Crippen LogP contribution in [0.4, 0.5) is 11.8 Å². The Hall–Kier alpha value is -3.07. The van der Waals surface area contributed by atoms with Crippen LogP contribution in [-0.4, -0.2) is 48.8 Å². The molecule has 8 nitrogen and oxygen atoms in total. The molecule has 1 saturated heterocycles. The molecule has 0 bridgehead atoms. The number of thiophene rings is 1. The highest BCUT2D eigenvalue weighted by molar-refractivity contribution is 7.18. The summed E-state index contributed by atoms with van der Waals surface area (Å²) in [5.41, 5.74) is 2.30. The number of esters is 1. The average Bonchev–Trinajstić information content (AvgIpc) is 3.15. The van der Waals surface area contributed by atoms with E-state index in [1.807, 2.05) is 25.1 Å². The van der Waals surface area contributed by atoms with Gasteiger partial charge in [0.15, 0.2) is 11.5 Å². The van der Waals surface area contributed by atoms with Gasteiger partial charge in [0.25, 0.3) is 0 Å². The Bertz CT molecular complexity index is 1200. The minimum absolute atomic E-state index is 0.0426. The summed E-state index contributed by atoms with van der Waals surface area (Å²) in [5.74, 6) is 2.98. The highest BCUT2D eigenvalue weighted by atomic mass is 32.1. The zero-order valence-corrected chi connectivity index (χ0v) is 20.7. The number of nitrogens with zero attached hydrogens (tertiary/aromatic N) is 3. The van der Waals surface area contributed by atoms with Crippen molar-refractivity contribution in [3.8, 4) is 11.5 Å². The molecule has 34 heavy (non-hydrogen) atoms. The van der Waals surface area contributed by atoms with Crippen LogP contribution in [0, 0.1) is 19.8 Å². The highest BCUT2D eigenvalue weighted by Crippen LogP contribution is 2.36. The number of carbonyl (C=O) groups excluding carboxylic acids is 1. The largest absolute Gasteiger partial charge is 0.486 e. The van der Waals surface area contributed by atoms with Crippen molar-refractivity contribution in [2.75, 3.05) is 43.1 Å². The van der Waals surface area contributed by atoms with Gasteiger partial charge >= 0.3 is 5.97 Å². The first-order valence-corrected chi connectivity index (χ1v) is 12.7. The Labute approximate surface area is 203 Å². The summed E-state index contributed by atoms with van der Waals surface area (Å²) in [4.78, 5) is 26.4. The summed E-state index contributed by atoms with van der Waals surface area (Å²) in [5, 5.41) is 4.62. The fourth-order valence-corrected chi connectivity index (χ4v) is 5.49. The lowest BCUT2D eigenvalue weighted by Crippen LogP contribution is -2.38. The van der Waals surface area contributed by atoms with E-state index in [1.54, 1.807) is 11.3 Å². The summed E-state index contributed by atoms with van der Waals surface area (Å²) in [6.07, 6.45) is 1.51. The molecular formula is C25H30N4O4S. The lowest BCUT2D eigenvalue weighted by molar-refractivity contribution is -0.148. The van der Waals surface area contributed by atoms with Crippen LogP contribution in [0.1, 0.15) is 35.8 Å². The van der Waals surface area contributed by atoms with E-state index in [-0.39, 0.29) is 11.9 Å². The van der Waals surface area contributed by atoms with Gasteiger partial charge < -0.3 is 24.4 Å². The molecule has 2 aliphatic rings. The van der Waals surface area contributed by atoms with Crippen LogP contribution >= 0.6 is 11.3 Å². The number of anilines is 2. The number of piperidine rings is 1. The SMILES string of the molecule is CCOC(=O)C1CCN(c2nc(NCc3ccc4c(c3)OCCO4)c3c(C)c(C)sc3n2)CC1. The summed E-state index contributed by atoms with van der Waals surface area (Å²) in [6, 6.07) is 6.03. The molecule has 9 heteroatoms. The first-order chi connectivity index (χ1) is 16.5. The number of carbonyl (C=O) groups is 1. The average molecular weight is 483 g/mol. The van der Waals surface area contributed by atoms with Crippen LogP contribution in [-0.2, 0) is 16.1 Å². The number of fused-ring (bicyclic) bond motifs is 2. The summed E-state index contributed by atoms with van der Waals surface area (Å²) >= 11 is 1.69. The molecule has 3 aromatic rings. The lowest BCUT2D eigenvalue weighted by Gasteiger charge is -2.31. The van der Waals surface area contributed by atoms with Crippen molar-refractivity contribution < 1.29 is 19.0 Å². The van der Waals surface area contributed by atoms with E-state index in [1.165, 1.54) is 10.4 Å². The molecule has 2 aromatic heterocycles. The molecule has 1 N–H and O–H groups in total. The van der Waals surface area contributed by atoms with Gasteiger partial charge in [0.2, 0.25) is 5.95 Å². The van der Waals surface area contributed by atoms with Gasteiger partial charge in [-0.15, -0.1) is 11.3 Å². The van der Waals surface area contributed by atoms with Crippen molar-refractivity contribution in [3.63, 3.8) is 0 Å². The number of rotatable bonds is 6. The molecular weight excluding hydrogens is 452 g/mol. The first kappa shape index (κ1) is 22.7. The Morgan fingerprint density at radius 1 is 1.18 bits per heavy atom. The third-order valence-corrected chi connectivity index (χ3v) is 7.58. The molecule has 0 amide bonds. The fourth-order valence-electron chi connectivity index (χ4n) is 4.47. The van der Waals surface area contributed by atoms with Gasteiger partial charge in [-0.25, -0.2) is 4.98 Å². The summed E-state index contributed by atoms with van der Waals surface area (Å²) in [7, 11) is 0. The molecule has 0 saturated carbocycles. The normalized spacial score (nSPS) is 16.0. The predicted molar refractivity (Wildman–Crippen MR) is 133 cm³/mol. The van der Waals surface area contributed by atoms with Gasteiger partial charge in [0.05, 0.1) is 17.9 Å². The molecule has 0 unspecified atom stereocenters. The number of ether oxygens (including phenoxy) is 3. The van der Waals surface area contributed by atoms with Gasteiger partial charge in [-0.3, -0.25) is 4.79 Å². The van der Waals surface area contributed by atoms with E-state index < -0.39 is 0 Å². The molecule has 2 aliphatic heterocycles. The number of benzene rings is 1. The van der Waals surface area contributed by atoms with E-state index in [4.69, 9.17) is 24.2 Å². The first-order valence-electron chi connectivity index (χ1n) is 11.8. The molecule has 0 radical (unpaired) electrons. The van der Waals surface area contributed by atoms with Gasteiger partial charge in [-0.1, -0.05) is 6.07 Å². The summed E-state index contributed by atoms with van der Waals surface area (Å²) in [6.45, 7) is 9.75. The maximum Gasteiger partial charge on any atom is 0.309 e. The molecule has 0 aliphatic carbocycles. The van der Waals surface area contributed by atoms with Crippen molar-refractivity contribution in [2.24, 2.45) is 5.92 Å². The molecule has 180 valence electrons. The maximum absolute atomic E-state index is 12.1. The Balaban J connectivity index is 1.37. The fraction of sp³-hybridized carbons (Fsp3) is 0.480. The molecule has 0 atom stereocenters. The lowest BCUT2D eigenvalue weighted by atomic mass is 9.97. The molecule has 1 aromatic carbocycles. The van der Waals surface area contributed by atoms with Gasteiger partial charge in [0, 0.05) is 24.5 Å². The van der Waals surface area contributed by atoms with Crippen molar-refractivity contribution in [3.05, 3.63) is 34.2 Å². The topological polar surface area (TPSA) is 85.8 Å². The second-order valence-electron chi connectivity index (χ2n) is 8.68. The number of aryl methyl sites for hydroxylation is 2. The standard InChI is InChI=1S/C25H30N4O4S/c1-4-31-24(30)18-7-9-29(10-8-18)25-27-22(21-15(2)16(3)34-23(21)28-25)26-14-17-5-6-19-20(13-17)33-12-11-32-19/h5-6,13,18H,4,7-12,14H2,1-3H3,(H,26,27,28). The zero-order chi connectivity index (χ0) is 23.7. The Morgan fingerprint density at radius 3 is 2.71 bits per heavy atom. The quantitative estimate of drug-likeness (QED) is 0.515.